The van der Waals surface area contributed by atoms with Crippen LogP contribution in [0.1, 0.15) is 29.4 Å². The van der Waals surface area contributed by atoms with Gasteiger partial charge in [0.05, 0.1) is 16.3 Å². The zero-order valence-electron chi connectivity index (χ0n) is 9.78. The monoisotopic (exact) mass is 240 g/mol. The second kappa shape index (κ2) is 3.48. The number of nitrogens with zero attached hydrogens (tertiary/aromatic N) is 4. The Morgan fingerprint density at radius 1 is 1.06 bits per heavy atom. The number of rotatable bonds is 1. The quantitative estimate of drug-likeness (QED) is 0.717. The van der Waals surface area contributed by atoms with Crippen molar-refractivity contribution in [2.24, 2.45) is 5.29 Å². The van der Waals surface area contributed by atoms with Crippen LogP contribution in [0.15, 0.2) is 29.8 Å². The number of hydrogen-bond donors (Lipinski definition) is 0. The first-order chi connectivity index (χ1) is 8.85. The van der Waals surface area contributed by atoms with Crippen LogP contribution in [-0.4, -0.2) is 28.1 Å². The van der Waals surface area contributed by atoms with E-state index in [4.69, 9.17) is 0 Å². The highest BCUT2D eigenvalue weighted by molar-refractivity contribution is 5.77. The highest BCUT2D eigenvalue weighted by Gasteiger charge is 2.38. The Labute approximate surface area is 104 Å². The van der Waals surface area contributed by atoms with Crippen molar-refractivity contribution in [2.45, 2.75) is 18.3 Å². The zero-order chi connectivity index (χ0) is 12.1. The van der Waals surface area contributed by atoms with Crippen LogP contribution in [0.3, 0.4) is 0 Å². The van der Waals surface area contributed by atoms with E-state index < -0.39 is 0 Å². The van der Waals surface area contributed by atoms with E-state index in [0.29, 0.717) is 11.8 Å². The Balaban J connectivity index is 1.90. The molecule has 1 aromatic carbocycles. The Hall–Kier alpha value is -2.04. The molecule has 1 aliphatic carbocycles. The second-order valence-corrected chi connectivity index (χ2v) is 5.11. The minimum Gasteiger partial charge on any atom is -0.260 e. The summed E-state index contributed by atoms with van der Waals surface area (Å²) in [6.07, 6.45) is 4.56. The number of piperidine rings is 1. The summed E-state index contributed by atoms with van der Waals surface area (Å²) in [5.41, 5.74) is 4.54. The summed E-state index contributed by atoms with van der Waals surface area (Å²) in [5.74, 6) is 0.839. The molecule has 2 atom stereocenters. The van der Waals surface area contributed by atoms with Crippen LogP contribution in [0, 0.1) is 4.91 Å². The lowest BCUT2D eigenvalue weighted by Gasteiger charge is -2.26. The van der Waals surface area contributed by atoms with E-state index in [-0.39, 0.29) is 0 Å². The topological polar surface area (TPSA) is 58.5 Å². The standard InChI is InChI=1S/C13H12N4O/c18-16-17-6-8-3-9(7-17)11-5-13-12(4-10(8)11)14-1-2-15-13/h1-2,4-5,8-9H,3,6-7H2/t8-,9+. The molecular weight excluding hydrogens is 228 g/mol. The molecule has 1 aliphatic heterocycles. The van der Waals surface area contributed by atoms with Gasteiger partial charge in [0, 0.05) is 37.3 Å². The van der Waals surface area contributed by atoms with Gasteiger partial charge in [-0.2, -0.15) is 0 Å². The minimum absolute atomic E-state index is 0.419. The van der Waals surface area contributed by atoms with E-state index in [9.17, 15) is 4.91 Å². The fourth-order valence-electron chi connectivity index (χ4n) is 3.34. The van der Waals surface area contributed by atoms with Gasteiger partial charge in [-0.05, 0) is 29.7 Å². The lowest BCUT2D eigenvalue weighted by molar-refractivity contribution is 0.208. The predicted octanol–water partition coefficient (Wildman–Crippen LogP) is 2.20. The van der Waals surface area contributed by atoms with Crippen molar-refractivity contribution in [1.29, 1.82) is 0 Å². The van der Waals surface area contributed by atoms with Crippen molar-refractivity contribution >= 4 is 11.0 Å². The summed E-state index contributed by atoms with van der Waals surface area (Å²) in [7, 11) is 0. The van der Waals surface area contributed by atoms with Crippen molar-refractivity contribution in [3.8, 4) is 0 Å². The van der Waals surface area contributed by atoms with E-state index in [1.54, 1.807) is 17.4 Å². The summed E-state index contributed by atoms with van der Waals surface area (Å²) >= 11 is 0. The van der Waals surface area contributed by atoms with Gasteiger partial charge < -0.3 is 0 Å². The van der Waals surface area contributed by atoms with E-state index in [1.807, 2.05) is 0 Å². The molecule has 2 aliphatic rings. The Morgan fingerprint density at radius 3 is 2.11 bits per heavy atom. The fraction of sp³-hybridized carbons (Fsp3) is 0.385. The lowest BCUT2D eigenvalue weighted by atomic mass is 9.97. The molecule has 0 amide bonds. The molecule has 2 aromatic rings. The van der Waals surface area contributed by atoms with Crippen molar-refractivity contribution in [3.63, 3.8) is 0 Å². The predicted molar refractivity (Wildman–Crippen MR) is 67.0 cm³/mol. The van der Waals surface area contributed by atoms with Gasteiger partial charge in [0.1, 0.15) is 0 Å². The zero-order valence-corrected chi connectivity index (χ0v) is 9.78. The molecule has 0 spiro atoms. The maximum Gasteiger partial charge on any atom is 0.0889 e. The van der Waals surface area contributed by atoms with Gasteiger partial charge in [-0.15, -0.1) is 4.91 Å². The number of fused-ring (bicyclic) bond motifs is 6. The van der Waals surface area contributed by atoms with E-state index in [1.165, 1.54) is 11.1 Å². The molecule has 5 nitrogen and oxygen atoms in total. The third kappa shape index (κ3) is 1.27. The first-order valence-corrected chi connectivity index (χ1v) is 6.18. The van der Waals surface area contributed by atoms with Gasteiger partial charge in [-0.1, -0.05) is 0 Å². The maximum absolute atomic E-state index is 10.7. The second-order valence-electron chi connectivity index (χ2n) is 5.11. The van der Waals surface area contributed by atoms with Gasteiger partial charge in [-0.3, -0.25) is 15.0 Å². The molecule has 0 unspecified atom stereocenters. The normalized spacial score (nSPS) is 25.2. The van der Waals surface area contributed by atoms with Crippen molar-refractivity contribution in [1.82, 2.24) is 15.0 Å². The van der Waals surface area contributed by atoms with Crippen LogP contribution in [0.25, 0.3) is 11.0 Å². The number of benzene rings is 1. The van der Waals surface area contributed by atoms with Gasteiger partial charge >= 0.3 is 0 Å². The molecule has 0 radical (unpaired) electrons. The summed E-state index contributed by atoms with van der Waals surface area (Å²) < 4.78 is 0. The molecule has 0 N–H and O–H groups in total. The SMILES string of the molecule is O=NN1C[C@H]2C[C@@H](C1)c1cc3nccnc3cc12. The van der Waals surface area contributed by atoms with E-state index >= 15 is 0 Å². The van der Waals surface area contributed by atoms with Crippen LogP contribution in [0.2, 0.25) is 0 Å². The van der Waals surface area contributed by atoms with Crippen molar-refractivity contribution < 1.29 is 0 Å². The third-order valence-electron chi connectivity index (χ3n) is 4.10. The molecule has 5 heteroatoms. The Kier molecular flexibility index (Phi) is 1.92. The molecule has 2 heterocycles. The Bertz CT molecular complexity index is 591. The van der Waals surface area contributed by atoms with Crippen LogP contribution in [0.4, 0.5) is 0 Å². The molecule has 1 aromatic heterocycles. The highest BCUT2D eigenvalue weighted by atomic mass is 16.3. The number of hydrogen-bond acceptors (Lipinski definition) is 4. The molecule has 18 heavy (non-hydrogen) atoms. The van der Waals surface area contributed by atoms with Crippen molar-refractivity contribution in [2.75, 3.05) is 13.1 Å². The number of nitroso groups, excluding NO2 is 1. The van der Waals surface area contributed by atoms with Gasteiger partial charge in [0.25, 0.3) is 0 Å². The molecule has 4 rings (SSSR count). The summed E-state index contributed by atoms with van der Waals surface area (Å²) in [5, 5.41) is 4.74. The average molecular weight is 240 g/mol. The van der Waals surface area contributed by atoms with Gasteiger partial charge in [-0.25, -0.2) is 0 Å². The maximum atomic E-state index is 10.7. The average Bonchev–Trinajstić information content (AvgIpc) is 2.68. The smallest absolute Gasteiger partial charge is 0.0889 e. The van der Waals surface area contributed by atoms with Crippen LogP contribution < -0.4 is 0 Å². The van der Waals surface area contributed by atoms with Gasteiger partial charge in [0.15, 0.2) is 0 Å². The van der Waals surface area contributed by atoms with Crippen LogP contribution >= 0.6 is 0 Å². The number of aromatic nitrogens is 2. The molecule has 2 bridgehead atoms. The van der Waals surface area contributed by atoms with Gasteiger partial charge in [0.2, 0.25) is 0 Å². The largest absolute Gasteiger partial charge is 0.260 e. The lowest BCUT2D eigenvalue weighted by Crippen LogP contribution is -2.30. The summed E-state index contributed by atoms with van der Waals surface area (Å²) in [6, 6.07) is 4.27. The first-order valence-electron chi connectivity index (χ1n) is 6.18. The molecule has 1 fully saturated rings. The third-order valence-corrected chi connectivity index (χ3v) is 4.10. The van der Waals surface area contributed by atoms with E-state index in [0.717, 1.165) is 30.5 Å². The minimum atomic E-state index is 0.419. The fourth-order valence-corrected chi connectivity index (χ4v) is 3.34. The first kappa shape index (κ1) is 9.94. The molecule has 90 valence electrons. The summed E-state index contributed by atoms with van der Waals surface area (Å²) in [4.78, 5) is 19.4. The molecular formula is C13H12N4O. The summed E-state index contributed by atoms with van der Waals surface area (Å²) in [6.45, 7) is 1.47. The van der Waals surface area contributed by atoms with Crippen LogP contribution in [-0.2, 0) is 0 Å². The van der Waals surface area contributed by atoms with E-state index in [2.05, 4.69) is 27.4 Å². The highest BCUT2D eigenvalue weighted by Crippen LogP contribution is 2.46. The Morgan fingerprint density at radius 2 is 1.61 bits per heavy atom. The van der Waals surface area contributed by atoms with Crippen molar-refractivity contribution in [3.05, 3.63) is 40.6 Å². The van der Waals surface area contributed by atoms with Crippen LogP contribution in [0.5, 0.6) is 0 Å². The molecule has 0 saturated carbocycles. The molecule has 1 saturated heterocycles.